The van der Waals surface area contributed by atoms with Crippen LogP contribution in [0, 0.1) is 15.5 Å². The van der Waals surface area contributed by atoms with Gasteiger partial charge in [0.15, 0.2) is 0 Å². The average molecular weight is 194 g/mol. The number of phenols is 1. The molecule has 0 radical (unpaired) electrons. The van der Waals surface area contributed by atoms with E-state index < -0.39 is 11.0 Å². The number of rotatable bonds is 3. The summed E-state index contributed by atoms with van der Waals surface area (Å²) < 4.78 is 0. The second-order valence-corrected chi connectivity index (χ2v) is 2.93. The van der Waals surface area contributed by atoms with Gasteiger partial charge in [-0.3, -0.25) is 15.5 Å². The molecule has 0 saturated carbocycles. The van der Waals surface area contributed by atoms with Crippen molar-refractivity contribution in [1.82, 2.24) is 0 Å². The highest BCUT2D eigenvalue weighted by atomic mass is 16.6. The van der Waals surface area contributed by atoms with Gasteiger partial charge in [-0.15, -0.1) is 0 Å². The Labute approximate surface area is 80.7 Å². The van der Waals surface area contributed by atoms with Crippen LogP contribution in [0.4, 0.5) is 0 Å². The summed E-state index contributed by atoms with van der Waals surface area (Å²) in [7, 11) is 0. The quantitative estimate of drug-likeness (QED) is 0.433. The molecule has 5 nitrogen and oxygen atoms in total. The lowest BCUT2D eigenvalue weighted by Crippen LogP contribution is -2.25. The molecule has 1 unspecified atom stereocenters. The van der Waals surface area contributed by atoms with Gasteiger partial charge in [-0.1, -0.05) is 12.1 Å². The summed E-state index contributed by atoms with van der Waals surface area (Å²) in [5, 5.41) is 27.0. The first-order chi connectivity index (χ1) is 6.52. The molecule has 0 spiro atoms. The fraction of sp³-hybridized carbons (Fsp3) is 0.222. The van der Waals surface area contributed by atoms with Crippen LogP contribution in [0.15, 0.2) is 24.3 Å². The van der Waals surface area contributed by atoms with Crippen LogP contribution in [0.1, 0.15) is 12.5 Å². The van der Waals surface area contributed by atoms with Crippen LogP contribution in [0.5, 0.6) is 5.75 Å². The molecule has 0 bridgehead atoms. The standard InChI is InChI=1S/C9H10N2O3/c1-6(11(13)14)9(10)7-3-2-4-8(12)5-7/h2-6,10,12H,1H3. The van der Waals surface area contributed by atoms with Crippen molar-refractivity contribution in [3.8, 4) is 5.75 Å². The normalized spacial score (nSPS) is 12.1. The topological polar surface area (TPSA) is 87.2 Å². The second kappa shape index (κ2) is 3.87. The molecule has 1 aromatic carbocycles. The van der Waals surface area contributed by atoms with Crippen molar-refractivity contribution < 1.29 is 10.0 Å². The van der Waals surface area contributed by atoms with Crippen molar-refractivity contribution >= 4 is 5.71 Å². The third-order valence-corrected chi connectivity index (χ3v) is 1.89. The molecule has 74 valence electrons. The highest BCUT2D eigenvalue weighted by Gasteiger charge is 2.20. The van der Waals surface area contributed by atoms with E-state index in [0.717, 1.165) is 0 Å². The molecule has 0 saturated heterocycles. The molecule has 0 aliphatic carbocycles. The maximum absolute atomic E-state index is 10.4. The SMILES string of the molecule is CC(C(=N)c1cccc(O)c1)[N+](=O)[O-]. The first-order valence-corrected chi connectivity index (χ1v) is 4.03. The van der Waals surface area contributed by atoms with Gasteiger partial charge in [-0.25, -0.2) is 0 Å². The lowest BCUT2D eigenvalue weighted by Gasteiger charge is -2.05. The van der Waals surface area contributed by atoms with Gasteiger partial charge in [0, 0.05) is 17.4 Å². The molecule has 0 heterocycles. The van der Waals surface area contributed by atoms with Crippen LogP contribution >= 0.6 is 0 Å². The predicted molar refractivity (Wildman–Crippen MR) is 51.4 cm³/mol. The van der Waals surface area contributed by atoms with Crippen molar-refractivity contribution in [1.29, 1.82) is 5.41 Å². The Bertz CT molecular complexity index is 376. The van der Waals surface area contributed by atoms with Gasteiger partial charge in [0.1, 0.15) is 11.5 Å². The van der Waals surface area contributed by atoms with E-state index in [1.807, 2.05) is 0 Å². The Morgan fingerprint density at radius 1 is 1.64 bits per heavy atom. The maximum Gasteiger partial charge on any atom is 0.251 e. The lowest BCUT2D eigenvalue weighted by molar-refractivity contribution is -0.498. The summed E-state index contributed by atoms with van der Waals surface area (Å²) in [6.45, 7) is 1.34. The molecule has 0 aliphatic heterocycles. The van der Waals surface area contributed by atoms with E-state index in [1.54, 1.807) is 12.1 Å². The van der Waals surface area contributed by atoms with Crippen molar-refractivity contribution in [2.24, 2.45) is 0 Å². The number of benzene rings is 1. The van der Waals surface area contributed by atoms with E-state index in [2.05, 4.69) is 0 Å². The predicted octanol–water partition coefficient (Wildman–Crippen LogP) is 1.43. The molecule has 1 rings (SSSR count). The Hall–Kier alpha value is -1.91. The number of nitro groups is 1. The highest BCUT2D eigenvalue weighted by molar-refractivity contribution is 6.01. The Morgan fingerprint density at radius 2 is 2.29 bits per heavy atom. The number of aromatic hydroxyl groups is 1. The molecule has 1 aromatic rings. The van der Waals surface area contributed by atoms with Gasteiger partial charge in [0.05, 0.1) is 0 Å². The van der Waals surface area contributed by atoms with Gasteiger partial charge in [0.2, 0.25) is 0 Å². The van der Waals surface area contributed by atoms with E-state index >= 15 is 0 Å². The third-order valence-electron chi connectivity index (χ3n) is 1.89. The smallest absolute Gasteiger partial charge is 0.251 e. The van der Waals surface area contributed by atoms with Crippen LogP contribution in [-0.2, 0) is 0 Å². The molecular formula is C9H10N2O3. The summed E-state index contributed by atoms with van der Waals surface area (Å²) in [5.74, 6) is 0.00259. The van der Waals surface area contributed by atoms with E-state index in [0.29, 0.717) is 5.56 Å². The third kappa shape index (κ3) is 2.07. The zero-order valence-electron chi connectivity index (χ0n) is 7.60. The molecule has 1 atom stereocenters. The summed E-state index contributed by atoms with van der Waals surface area (Å²) >= 11 is 0. The van der Waals surface area contributed by atoms with E-state index in [4.69, 9.17) is 10.5 Å². The van der Waals surface area contributed by atoms with Crippen molar-refractivity contribution in [3.63, 3.8) is 0 Å². The molecule has 0 amide bonds. The number of nitrogens with one attached hydrogen (secondary N) is 1. The number of phenolic OH excluding ortho intramolecular Hbond substituents is 1. The number of hydrogen-bond acceptors (Lipinski definition) is 4. The van der Waals surface area contributed by atoms with E-state index in [-0.39, 0.29) is 11.5 Å². The van der Waals surface area contributed by atoms with Crippen LogP contribution in [0.25, 0.3) is 0 Å². The zero-order chi connectivity index (χ0) is 10.7. The molecule has 0 aliphatic rings. The van der Waals surface area contributed by atoms with Crippen LogP contribution in [-0.4, -0.2) is 21.8 Å². The van der Waals surface area contributed by atoms with Gasteiger partial charge in [0.25, 0.3) is 6.04 Å². The van der Waals surface area contributed by atoms with Gasteiger partial charge >= 0.3 is 0 Å². The fourth-order valence-electron chi connectivity index (χ4n) is 1.02. The van der Waals surface area contributed by atoms with Crippen LogP contribution in [0.3, 0.4) is 0 Å². The number of hydrogen-bond donors (Lipinski definition) is 2. The Balaban J connectivity index is 2.95. The summed E-state index contributed by atoms with van der Waals surface area (Å²) in [4.78, 5) is 9.87. The van der Waals surface area contributed by atoms with Crippen molar-refractivity contribution in [2.75, 3.05) is 0 Å². The second-order valence-electron chi connectivity index (χ2n) is 2.93. The van der Waals surface area contributed by atoms with Crippen molar-refractivity contribution in [3.05, 3.63) is 39.9 Å². The monoisotopic (exact) mass is 194 g/mol. The fourth-order valence-corrected chi connectivity index (χ4v) is 1.02. The van der Waals surface area contributed by atoms with Gasteiger partial charge in [-0.2, -0.15) is 0 Å². The summed E-state index contributed by atoms with van der Waals surface area (Å²) in [5.41, 5.74) is 0.264. The molecular weight excluding hydrogens is 184 g/mol. The molecule has 0 aromatic heterocycles. The summed E-state index contributed by atoms with van der Waals surface area (Å²) in [6.07, 6.45) is 0. The first-order valence-electron chi connectivity index (χ1n) is 4.03. The van der Waals surface area contributed by atoms with E-state index in [1.165, 1.54) is 19.1 Å². The van der Waals surface area contributed by atoms with Gasteiger partial charge in [-0.05, 0) is 12.1 Å². The largest absolute Gasteiger partial charge is 0.508 e. The number of nitrogens with zero attached hydrogens (tertiary/aromatic N) is 1. The minimum atomic E-state index is -1.06. The minimum Gasteiger partial charge on any atom is -0.508 e. The van der Waals surface area contributed by atoms with E-state index in [9.17, 15) is 10.1 Å². The Kier molecular flexibility index (Phi) is 2.81. The minimum absolute atomic E-state index is 0.00259. The van der Waals surface area contributed by atoms with Gasteiger partial charge < -0.3 is 5.11 Å². The lowest BCUT2D eigenvalue weighted by atomic mass is 10.1. The summed E-state index contributed by atoms with van der Waals surface area (Å²) in [6, 6.07) is 4.83. The first kappa shape index (κ1) is 10.2. The molecule has 14 heavy (non-hydrogen) atoms. The van der Waals surface area contributed by atoms with Crippen LogP contribution in [0.2, 0.25) is 0 Å². The van der Waals surface area contributed by atoms with Crippen LogP contribution < -0.4 is 0 Å². The maximum atomic E-state index is 10.4. The molecule has 2 N–H and O–H groups in total. The highest BCUT2D eigenvalue weighted by Crippen LogP contribution is 2.13. The average Bonchev–Trinajstić information content (AvgIpc) is 2.15. The molecule has 5 heteroatoms. The Morgan fingerprint density at radius 3 is 2.79 bits per heavy atom. The molecule has 0 fully saturated rings. The van der Waals surface area contributed by atoms with Crippen molar-refractivity contribution in [2.45, 2.75) is 13.0 Å². The zero-order valence-corrected chi connectivity index (χ0v) is 7.60.